The Morgan fingerprint density at radius 3 is 2.73 bits per heavy atom. The lowest BCUT2D eigenvalue weighted by Crippen LogP contribution is -2.38. The van der Waals surface area contributed by atoms with Crippen molar-refractivity contribution < 1.29 is 4.79 Å². The van der Waals surface area contributed by atoms with Crippen molar-refractivity contribution in [1.29, 1.82) is 5.26 Å². The lowest BCUT2D eigenvalue weighted by atomic mass is 9.88. The second-order valence-electron chi connectivity index (χ2n) is 4.64. The van der Waals surface area contributed by atoms with Crippen molar-refractivity contribution in [3.8, 4) is 6.07 Å². The minimum atomic E-state index is -0.848. The summed E-state index contributed by atoms with van der Waals surface area (Å²) in [5.41, 5.74) is -0.848. The minimum Gasteiger partial charge on any atom is -0.355 e. The molecule has 1 atom stereocenters. The zero-order valence-electron chi connectivity index (χ0n) is 9.68. The molecule has 1 fully saturated rings. The van der Waals surface area contributed by atoms with Gasteiger partial charge in [0.25, 0.3) is 0 Å². The Bertz CT molecular complexity index is 265. The SMILES string of the molecule is CCC(C)(C#N)C(=O)NCCCC1CC1. The molecule has 0 aliphatic heterocycles. The van der Waals surface area contributed by atoms with Crippen LogP contribution in [0.5, 0.6) is 0 Å². The number of nitrogens with one attached hydrogen (secondary N) is 1. The lowest BCUT2D eigenvalue weighted by molar-refractivity contribution is -0.127. The summed E-state index contributed by atoms with van der Waals surface area (Å²) in [6.45, 7) is 4.28. The molecule has 0 saturated heterocycles. The Balaban J connectivity index is 2.18. The van der Waals surface area contributed by atoms with Gasteiger partial charge in [-0.1, -0.05) is 19.8 Å². The Labute approximate surface area is 91.9 Å². The van der Waals surface area contributed by atoms with Gasteiger partial charge >= 0.3 is 0 Å². The number of amides is 1. The normalized spacial score (nSPS) is 19.0. The molecule has 0 aromatic heterocycles. The summed E-state index contributed by atoms with van der Waals surface area (Å²) in [5.74, 6) is 0.790. The number of hydrogen-bond donors (Lipinski definition) is 1. The molecule has 3 heteroatoms. The number of carbonyl (C=O) groups is 1. The molecule has 1 aliphatic rings. The van der Waals surface area contributed by atoms with Gasteiger partial charge < -0.3 is 5.32 Å². The van der Waals surface area contributed by atoms with Gasteiger partial charge in [-0.15, -0.1) is 0 Å². The quantitative estimate of drug-likeness (QED) is 0.680. The van der Waals surface area contributed by atoms with Gasteiger partial charge in [0.1, 0.15) is 5.41 Å². The predicted molar refractivity (Wildman–Crippen MR) is 59.0 cm³/mol. The van der Waals surface area contributed by atoms with Crippen molar-refractivity contribution in [2.75, 3.05) is 6.54 Å². The zero-order chi connectivity index (χ0) is 11.3. The average molecular weight is 208 g/mol. The third-order valence-corrected chi connectivity index (χ3v) is 3.23. The summed E-state index contributed by atoms with van der Waals surface area (Å²) in [6.07, 6.45) is 5.55. The van der Waals surface area contributed by atoms with E-state index in [1.807, 2.05) is 6.92 Å². The molecule has 1 aliphatic carbocycles. The maximum atomic E-state index is 11.7. The van der Waals surface area contributed by atoms with E-state index >= 15 is 0 Å². The van der Waals surface area contributed by atoms with E-state index in [1.165, 1.54) is 19.3 Å². The van der Waals surface area contributed by atoms with Crippen molar-refractivity contribution in [1.82, 2.24) is 5.32 Å². The fraction of sp³-hybridized carbons (Fsp3) is 0.833. The Morgan fingerprint density at radius 1 is 1.60 bits per heavy atom. The van der Waals surface area contributed by atoms with Crippen molar-refractivity contribution >= 4 is 5.91 Å². The van der Waals surface area contributed by atoms with Crippen LogP contribution in [-0.4, -0.2) is 12.5 Å². The third-order valence-electron chi connectivity index (χ3n) is 3.23. The predicted octanol–water partition coefficient (Wildman–Crippen LogP) is 2.23. The summed E-state index contributed by atoms with van der Waals surface area (Å²) in [4.78, 5) is 11.7. The van der Waals surface area contributed by atoms with Gasteiger partial charge in [0.2, 0.25) is 5.91 Å². The van der Waals surface area contributed by atoms with Gasteiger partial charge in [-0.05, 0) is 32.1 Å². The van der Waals surface area contributed by atoms with Gasteiger partial charge in [-0.2, -0.15) is 5.26 Å². The Hall–Kier alpha value is -1.04. The van der Waals surface area contributed by atoms with Crippen LogP contribution >= 0.6 is 0 Å². The van der Waals surface area contributed by atoms with Crippen molar-refractivity contribution in [2.24, 2.45) is 11.3 Å². The number of nitrogens with zero attached hydrogens (tertiary/aromatic N) is 1. The van der Waals surface area contributed by atoms with E-state index in [1.54, 1.807) is 6.92 Å². The summed E-state index contributed by atoms with van der Waals surface area (Å²) in [5, 5.41) is 11.7. The van der Waals surface area contributed by atoms with Gasteiger partial charge in [0, 0.05) is 6.54 Å². The molecular formula is C12H20N2O. The van der Waals surface area contributed by atoms with Crippen molar-refractivity contribution in [2.45, 2.75) is 46.0 Å². The molecule has 1 saturated carbocycles. The van der Waals surface area contributed by atoms with Crippen LogP contribution in [0.1, 0.15) is 46.0 Å². The average Bonchev–Trinajstić information content (AvgIpc) is 3.06. The molecule has 0 aromatic carbocycles. The summed E-state index contributed by atoms with van der Waals surface area (Å²) < 4.78 is 0. The molecule has 0 spiro atoms. The number of carbonyl (C=O) groups excluding carboxylic acids is 1. The van der Waals surface area contributed by atoms with Gasteiger partial charge in [-0.25, -0.2) is 0 Å². The molecule has 0 aromatic rings. The first-order valence-electron chi connectivity index (χ1n) is 5.82. The molecule has 1 unspecified atom stereocenters. The lowest BCUT2D eigenvalue weighted by Gasteiger charge is -2.18. The van der Waals surface area contributed by atoms with Crippen LogP contribution in [0.15, 0.2) is 0 Å². The van der Waals surface area contributed by atoms with Crippen molar-refractivity contribution in [3.63, 3.8) is 0 Å². The largest absolute Gasteiger partial charge is 0.355 e. The van der Waals surface area contributed by atoms with Crippen LogP contribution in [-0.2, 0) is 4.79 Å². The Kier molecular flexibility index (Phi) is 4.14. The van der Waals surface area contributed by atoms with Crippen LogP contribution < -0.4 is 5.32 Å². The van der Waals surface area contributed by atoms with E-state index < -0.39 is 5.41 Å². The highest BCUT2D eigenvalue weighted by atomic mass is 16.2. The molecule has 84 valence electrons. The zero-order valence-corrected chi connectivity index (χ0v) is 9.68. The highest BCUT2D eigenvalue weighted by Crippen LogP contribution is 2.33. The standard InChI is InChI=1S/C12H20N2O/c1-3-12(2,9-13)11(15)14-8-4-5-10-6-7-10/h10H,3-8H2,1-2H3,(H,14,15). The molecule has 1 amide bonds. The molecule has 1 rings (SSSR count). The highest BCUT2D eigenvalue weighted by Gasteiger charge is 2.30. The van der Waals surface area contributed by atoms with E-state index in [0.29, 0.717) is 13.0 Å². The molecule has 0 bridgehead atoms. The maximum Gasteiger partial charge on any atom is 0.240 e. The molecule has 3 nitrogen and oxygen atoms in total. The molecule has 15 heavy (non-hydrogen) atoms. The minimum absolute atomic E-state index is 0.122. The second-order valence-corrected chi connectivity index (χ2v) is 4.64. The topological polar surface area (TPSA) is 52.9 Å². The van der Waals surface area contributed by atoms with Crippen LogP contribution in [0, 0.1) is 22.7 Å². The van der Waals surface area contributed by atoms with Crippen molar-refractivity contribution in [3.05, 3.63) is 0 Å². The van der Waals surface area contributed by atoms with E-state index in [4.69, 9.17) is 5.26 Å². The van der Waals surface area contributed by atoms with E-state index in [-0.39, 0.29) is 5.91 Å². The fourth-order valence-corrected chi connectivity index (χ4v) is 1.48. The van der Waals surface area contributed by atoms with Gasteiger partial charge in [0.05, 0.1) is 6.07 Å². The first kappa shape index (κ1) is 12.0. The first-order valence-corrected chi connectivity index (χ1v) is 5.82. The van der Waals surface area contributed by atoms with Crippen LogP contribution in [0.3, 0.4) is 0 Å². The second kappa shape index (κ2) is 5.16. The van der Waals surface area contributed by atoms with Crippen LogP contribution in [0.4, 0.5) is 0 Å². The van der Waals surface area contributed by atoms with Gasteiger partial charge in [-0.3, -0.25) is 4.79 Å². The summed E-state index contributed by atoms with van der Waals surface area (Å²) in [6, 6.07) is 2.08. The van der Waals surface area contributed by atoms with Gasteiger partial charge in [0.15, 0.2) is 0 Å². The molecule has 1 N–H and O–H groups in total. The van der Waals surface area contributed by atoms with E-state index in [2.05, 4.69) is 11.4 Å². The molecule has 0 heterocycles. The smallest absolute Gasteiger partial charge is 0.240 e. The van der Waals surface area contributed by atoms with Crippen LogP contribution in [0.25, 0.3) is 0 Å². The monoisotopic (exact) mass is 208 g/mol. The Morgan fingerprint density at radius 2 is 2.27 bits per heavy atom. The molecule has 0 radical (unpaired) electrons. The number of hydrogen-bond acceptors (Lipinski definition) is 2. The molecular weight excluding hydrogens is 188 g/mol. The summed E-state index contributed by atoms with van der Waals surface area (Å²) >= 11 is 0. The highest BCUT2D eigenvalue weighted by molar-refractivity contribution is 5.84. The fourth-order valence-electron chi connectivity index (χ4n) is 1.48. The van der Waals surface area contributed by atoms with Crippen LogP contribution in [0.2, 0.25) is 0 Å². The summed E-state index contributed by atoms with van der Waals surface area (Å²) in [7, 11) is 0. The van der Waals surface area contributed by atoms with E-state index in [0.717, 1.165) is 12.3 Å². The number of nitriles is 1. The van der Waals surface area contributed by atoms with E-state index in [9.17, 15) is 4.79 Å². The number of rotatable bonds is 6. The maximum absolute atomic E-state index is 11.7. The first-order chi connectivity index (χ1) is 7.12. The third kappa shape index (κ3) is 3.54.